The van der Waals surface area contributed by atoms with Crippen molar-refractivity contribution in [2.45, 2.75) is 52.4 Å². The second kappa shape index (κ2) is 4.04. The first-order valence-electron chi connectivity index (χ1n) is 6.18. The highest BCUT2D eigenvalue weighted by Crippen LogP contribution is 2.43. The van der Waals surface area contributed by atoms with Crippen molar-refractivity contribution in [1.29, 1.82) is 0 Å². The molecule has 0 aromatic rings. The summed E-state index contributed by atoms with van der Waals surface area (Å²) in [6.45, 7) is 4.69. The van der Waals surface area contributed by atoms with Crippen LogP contribution in [0, 0.1) is 23.7 Å². The molecule has 0 aromatic heterocycles. The van der Waals surface area contributed by atoms with E-state index in [9.17, 15) is 4.79 Å². The number of hydrogen-bond donors (Lipinski definition) is 0. The smallest absolute Gasteiger partial charge is 0.133 e. The molecule has 14 heavy (non-hydrogen) atoms. The summed E-state index contributed by atoms with van der Waals surface area (Å²) in [4.78, 5) is 11.3. The molecule has 3 atom stereocenters. The standard InChI is InChI=1S/C13H22O/c1-9(2)10-3-4-12-8-13(14)6-5-11(12)7-10/h9-12H,3-8H2,1-2H3/t10-,11-,12+/m1/s1. The Kier molecular flexibility index (Phi) is 2.94. The molecule has 80 valence electrons. The van der Waals surface area contributed by atoms with Crippen molar-refractivity contribution in [2.24, 2.45) is 23.7 Å². The summed E-state index contributed by atoms with van der Waals surface area (Å²) in [5.74, 6) is 3.94. The Hall–Kier alpha value is -0.330. The lowest BCUT2D eigenvalue weighted by atomic mass is 9.65. The topological polar surface area (TPSA) is 17.1 Å². The van der Waals surface area contributed by atoms with Crippen LogP contribution in [0.25, 0.3) is 0 Å². The summed E-state index contributed by atoms with van der Waals surface area (Å²) in [6.07, 6.45) is 7.04. The molecule has 2 fully saturated rings. The van der Waals surface area contributed by atoms with Crippen LogP contribution in [0.1, 0.15) is 52.4 Å². The molecule has 1 heteroatoms. The van der Waals surface area contributed by atoms with E-state index in [1.807, 2.05) is 0 Å². The minimum absolute atomic E-state index is 0.522. The first kappa shape index (κ1) is 10.2. The molecule has 0 N–H and O–H groups in total. The number of hydrogen-bond acceptors (Lipinski definition) is 1. The molecular weight excluding hydrogens is 172 g/mol. The van der Waals surface area contributed by atoms with Crippen LogP contribution in [0.15, 0.2) is 0 Å². The van der Waals surface area contributed by atoms with Gasteiger partial charge in [0.05, 0.1) is 0 Å². The van der Waals surface area contributed by atoms with Gasteiger partial charge in [-0.3, -0.25) is 4.79 Å². The SMILES string of the molecule is CC(C)[C@@H]1CC[C@H]2CC(=O)CC[C@@H]2C1. The van der Waals surface area contributed by atoms with Crippen LogP contribution in [-0.4, -0.2) is 5.78 Å². The second-order valence-electron chi connectivity index (χ2n) is 5.62. The lowest BCUT2D eigenvalue weighted by Crippen LogP contribution is -2.32. The van der Waals surface area contributed by atoms with Crippen LogP contribution < -0.4 is 0 Å². The maximum Gasteiger partial charge on any atom is 0.133 e. The van der Waals surface area contributed by atoms with Crippen LogP contribution in [0.4, 0.5) is 0 Å². The van der Waals surface area contributed by atoms with Gasteiger partial charge in [0.2, 0.25) is 0 Å². The summed E-state index contributed by atoms with van der Waals surface area (Å²) < 4.78 is 0. The van der Waals surface area contributed by atoms with Gasteiger partial charge in [-0.1, -0.05) is 13.8 Å². The minimum Gasteiger partial charge on any atom is -0.300 e. The molecule has 0 amide bonds. The van der Waals surface area contributed by atoms with Gasteiger partial charge in [-0.2, -0.15) is 0 Å². The van der Waals surface area contributed by atoms with Crippen molar-refractivity contribution in [3.63, 3.8) is 0 Å². The quantitative estimate of drug-likeness (QED) is 0.625. The van der Waals surface area contributed by atoms with E-state index in [0.29, 0.717) is 5.78 Å². The van der Waals surface area contributed by atoms with Crippen LogP contribution >= 0.6 is 0 Å². The number of carbonyl (C=O) groups excluding carboxylic acids is 1. The summed E-state index contributed by atoms with van der Waals surface area (Å²) >= 11 is 0. The average Bonchev–Trinajstić information content (AvgIpc) is 2.16. The van der Waals surface area contributed by atoms with Gasteiger partial charge in [0.25, 0.3) is 0 Å². The molecule has 0 aliphatic heterocycles. The Labute approximate surface area is 87.3 Å². The van der Waals surface area contributed by atoms with Gasteiger partial charge in [0.15, 0.2) is 0 Å². The van der Waals surface area contributed by atoms with Gasteiger partial charge in [-0.15, -0.1) is 0 Å². The van der Waals surface area contributed by atoms with E-state index in [1.54, 1.807) is 0 Å². The summed E-state index contributed by atoms with van der Waals surface area (Å²) in [6, 6.07) is 0. The monoisotopic (exact) mass is 194 g/mol. The summed E-state index contributed by atoms with van der Waals surface area (Å²) in [5.41, 5.74) is 0. The van der Waals surface area contributed by atoms with E-state index in [-0.39, 0.29) is 0 Å². The predicted molar refractivity (Wildman–Crippen MR) is 58.0 cm³/mol. The number of ketones is 1. The Morgan fingerprint density at radius 2 is 1.93 bits per heavy atom. The third kappa shape index (κ3) is 2.02. The average molecular weight is 194 g/mol. The third-order valence-corrected chi connectivity index (χ3v) is 4.41. The number of fused-ring (bicyclic) bond motifs is 1. The van der Waals surface area contributed by atoms with Crippen molar-refractivity contribution >= 4 is 5.78 Å². The van der Waals surface area contributed by atoms with Crippen molar-refractivity contribution in [1.82, 2.24) is 0 Å². The van der Waals surface area contributed by atoms with Crippen molar-refractivity contribution in [3.8, 4) is 0 Å². The van der Waals surface area contributed by atoms with E-state index in [1.165, 1.54) is 25.7 Å². The van der Waals surface area contributed by atoms with E-state index in [2.05, 4.69) is 13.8 Å². The van der Waals surface area contributed by atoms with Crippen LogP contribution in [0.5, 0.6) is 0 Å². The molecule has 0 spiro atoms. The van der Waals surface area contributed by atoms with Crippen molar-refractivity contribution in [2.75, 3.05) is 0 Å². The molecule has 0 radical (unpaired) electrons. The molecule has 0 unspecified atom stereocenters. The van der Waals surface area contributed by atoms with Crippen molar-refractivity contribution in [3.05, 3.63) is 0 Å². The molecule has 2 aliphatic carbocycles. The molecule has 2 saturated carbocycles. The summed E-state index contributed by atoms with van der Waals surface area (Å²) in [7, 11) is 0. The Morgan fingerprint density at radius 3 is 2.64 bits per heavy atom. The highest BCUT2D eigenvalue weighted by Gasteiger charge is 2.35. The predicted octanol–water partition coefficient (Wildman–Crippen LogP) is 3.43. The first-order chi connectivity index (χ1) is 6.66. The van der Waals surface area contributed by atoms with Crippen LogP contribution in [-0.2, 0) is 4.79 Å². The first-order valence-corrected chi connectivity index (χ1v) is 6.18. The van der Waals surface area contributed by atoms with Gasteiger partial charge >= 0.3 is 0 Å². The van der Waals surface area contributed by atoms with Crippen LogP contribution in [0.3, 0.4) is 0 Å². The van der Waals surface area contributed by atoms with Gasteiger partial charge in [-0.05, 0) is 49.4 Å². The van der Waals surface area contributed by atoms with Gasteiger partial charge < -0.3 is 0 Å². The van der Waals surface area contributed by atoms with E-state index < -0.39 is 0 Å². The highest BCUT2D eigenvalue weighted by atomic mass is 16.1. The Morgan fingerprint density at radius 1 is 1.14 bits per heavy atom. The van der Waals surface area contributed by atoms with E-state index in [4.69, 9.17) is 0 Å². The summed E-state index contributed by atoms with van der Waals surface area (Å²) in [5, 5.41) is 0. The maximum atomic E-state index is 11.3. The lowest BCUT2D eigenvalue weighted by Gasteiger charge is -2.40. The molecular formula is C13H22O. The molecule has 2 aliphatic rings. The number of rotatable bonds is 1. The normalized spacial score (nSPS) is 38.5. The van der Waals surface area contributed by atoms with E-state index in [0.717, 1.165) is 36.5 Å². The number of Topliss-reactive ketones (excluding diaryl/α,β-unsaturated/α-hetero) is 1. The Balaban J connectivity index is 1.94. The third-order valence-electron chi connectivity index (χ3n) is 4.41. The number of carbonyl (C=O) groups is 1. The highest BCUT2D eigenvalue weighted by molar-refractivity contribution is 5.79. The molecule has 0 saturated heterocycles. The molecule has 0 bridgehead atoms. The minimum atomic E-state index is 0.522. The second-order valence-corrected chi connectivity index (χ2v) is 5.62. The molecule has 2 rings (SSSR count). The molecule has 0 heterocycles. The lowest BCUT2D eigenvalue weighted by molar-refractivity contribution is -0.123. The Bertz CT molecular complexity index is 219. The van der Waals surface area contributed by atoms with Crippen molar-refractivity contribution < 1.29 is 4.79 Å². The fraction of sp³-hybridized carbons (Fsp3) is 0.923. The maximum absolute atomic E-state index is 11.3. The zero-order valence-electron chi connectivity index (χ0n) is 9.46. The fourth-order valence-corrected chi connectivity index (χ4v) is 3.33. The van der Waals surface area contributed by atoms with E-state index >= 15 is 0 Å². The van der Waals surface area contributed by atoms with Gasteiger partial charge in [0, 0.05) is 12.8 Å². The molecule has 0 aromatic carbocycles. The van der Waals surface area contributed by atoms with Gasteiger partial charge in [-0.25, -0.2) is 0 Å². The zero-order chi connectivity index (χ0) is 10.1. The largest absolute Gasteiger partial charge is 0.300 e. The van der Waals surface area contributed by atoms with Gasteiger partial charge in [0.1, 0.15) is 5.78 Å². The molecule has 1 nitrogen and oxygen atoms in total. The fourth-order valence-electron chi connectivity index (χ4n) is 3.33. The zero-order valence-corrected chi connectivity index (χ0v) is 9.46. The van der Waals surface area contributed by atoms with Crippen LogP contribution in [0.2, 0.25) is 0 Å².